The summed E-state index contributed by atoms with van der Waals surface area (Å²) >= 11 is 2.60. The summed E-state index contributed by atoms with van der Waals surface area (Å²) in [5.74, 6) is 0. The predicted molar refractivity (Wildman–Crippen MR) is 40.3 cm³/mol. The molecule has 0 bridgehead atoms. The molecular weight excluding hydrogens is 330 g/mol. The number of rotatable bonds is 4. The predicted octanol–water partition coefficient (Wildman–Crippen LogP) is -2.11. The maximum atomic E-state index is 9.07. The van der Waals surface area contributed by atoms with Crippen molar-refractivity contribution in [1.82, 2.24) is 0 Å². The van der Waals surface area contributed by atoms with Gasteiger partial charge in [-0.15, -0.1) is 0 Å². The number of alkyl halides is 3. The topological polar surface area (TPSA) is 20.2 Å². The molecule has 0 rings (SSSR count). The van der Waals surface area contributed by atoms with Gasteiger partial charge in [-0.3, -0.25) is 0 Å². The molecule has 0 aromatic carbocycles. The third-order valence-electron chi connectivity index (χ3n) is 0.775. The number of aliphatic hydroxyl groups is 1. The first-order valence-electron chi connectivity index (χ1n) is 2.49. The Morgan fingerprint density at radius 1 is 1.75 bits per heavy atom. The maximum absolute atomic E-state index is 9.07. The summed E-state index contributed by atoms with van der Waals surface area (Å²) in [5, 5.41) is 9.07. The molecule has 0 aliphatic heterocycles. The molecule has 1 atom stereocenters. The zero-order valence-electron chi connectivity index (χ0n) is 4.90. The van der Waals surface area contributed by atoms with Crippen LogP contribution in [0, 0.1) is 0 Å². The van der Waals surface area contributed by atoms with Crippen LogP contribution in [0.1, 0.15) is 6.42 Å². The Labute approximate surface area is 74.6 Å². The first-order chi connectivity index (χ1) is 3.81. The number of aliphatic hydroxyl groups excluding tert-OH is 1. The summed E-state index contributed by atoms with van der Waals surface area (Å²) < 4.78 is 2.16. The van der Waals surface area contributed by atoms with E-state index >= 15 is 0 Å². The summed E-state index contributed by atoms with van der Waals surface area (Å²) in [7, 11) is 0. The Kier molecular flexibility index (Phi) is 7.70. The Balaban J connectivity index is 2.92. The fraction of sp³-hybridized carbons (Fsp3) is 1.00. The standard InChI is InChI=1S/C5H11I2O/c1-7-4-5(8)2-3-6/h5,8H,2-4H2,1H3/q-1. The van der Waals surface area contributed by atoms with Crippen molar-refractivity contribution in [2.75, 3.05) is 13.8 Å². The summed E-state index contributed by atoms with van der Waals surface area (Å²) in [6.45, 7) is 0. The van der Waals surface area contributed by atoms with E-state index in [9.17, 15) is 0 Å². The fourth-order valence-electron chi connectivity index (χ4n) is 0.381. The molecule has 0 saturated heterocycles. The zero-order chi connectivity index (χ0) is 6.41. The molecule has 0 aliphatic rings. The van der Waals surface area contributed by atoms with Crippen LogP contribution < -0.4 is 21.2 Å². The van der Waals surface area contributed by atoms with Crippen LogP contribution >= 0.6 is 22.6 Å². The van der Waals surface area contributed by atoms with Gasteiger partial charge in [-0.1, -0.05) is 0 Å². The summed E-state index contributed by atoms with van der Waals surface area (Å²) in [5.41, 5.74) is 0. The first-order valence-corrected chi connectivity index (χ1v) is 7.70. The van der Waals surface area contributed by atoms with Crippen LogP contribution in [-0.4, -0.2) is 25.0 Å². The van der Waals surface area contributed by atoms with Crippen LogP contribution in [-0.2, 0) is 0 Å². The average Bonchev–Trinajstić information content (AvgIpc) is 1.68. The third kappa shape index (κ3) is 5.55. The molecule has 0 heterocycles. The van der Waals surface area contributed by atoms with Crippen LogP contribution in [0.25, 0.3) is 0 Å². The van der Waals surface area contributed by atoms with Crippen molar-refractivity contribution in [2.45, 2.75) is 12.5 Å². The van der Waals surface area contributed by atoms with E-state index in [0.717, 1.165) is 15.3 Å². The molecule has 3 heteroatoms. The van der Waals surface area contributed by atoms with Crippen LogP contribution in [0.5, 0.6) is 0 Å². The van der Waals surface area contributed by atoms with Crippen LogP contribution in [0.15, 0.2) is 0 Å². The molecule has 0 aromatic heterocycles. The normalized spacial score (nSPS) is 14.4. The van der Waals surface area contributed by atoms with Gasteiger partial charge in [0.25, 0.3) is 0 Å². The molecule has 0 aromatic rings. The zero-order valence-corrected chi connectivity index (χ0v) is 9.22. The van der Waals surface area contributed by atoms with Crippen molar-refractivity contribution >= 4 is 22.6 Å². The summed E-state index contributed by atoms with van der Waals surface area (Å²) in [6.07, 6.45) is 0.985. The van der Waals surface area contributed by atoms with E-state index in [0.29, 0.717) is 21.2 Å². The number of halogens is 2. The van der Waals surface area contributed by atoms with Crippen molar-refractivity contribution in [1.29, 1.82) is 0 Å². The Morgan fingerprint density at radius 3 is 2.75 bits per heavy atom. The van der Waals surface area contributed by atoms with Crippen molar-refractivity contribution in [2.24, 2.45) is 0 Å². The van der Waals surface area contributed by atoms with Crippen LogP contribution in [0.3, 0.4) is 0 Å². The van der Waals surface area contributed by atoms with Gasteiger partial charge in [-0.05, 0) is 0 Å². The molecule has 0 aliphatic carbocycles. The Hall–Kier alpha value is 1.42. The van der Waals surface area contributed by atoms with Gasteiger partial charge in [0.05, 0.1) is 0 Å². The van der Waals surface area contributed by atoms with Gasteiger partial charge in [0.2, 0.25) is 0 Å². The molecule has 52 valence electrons. The van der Waals surface area contributed by atoms with Gasteiger partial charge in [0, 0.05) is 0 Å². The summed E-state index contributed by atoms with van der Waals surface area (Å²) in [6, 6.07) is 0. The van der Waals surface area contributed by atoms with E-state index in [2.05, 4.69) is 27.5 Å². The first kappa shape index (κ1) is 9.42. The molecule has 1 nitrogen and oxygen atoms in total. The van der Waals surface area contributed by atoms with Crippen LogP contribution in [0.2, 0.25) is 0 Å². The SMILES string of the molecule is C[I-]CC(O)CCI. The van der Waals surface area contributed by atoms with E-state index in [4.69, 9.17) is 5.11 Å². The second-order valence-corrected chi connectivity index (χ2v) is 5.04. The van der Waals surface area contributed by atoms with E-state index in [-0.39, 0.29) is 6.10 Å². The van der Waals surface area contributed by atoms with Crippen LogP contribution in [0.4, 0.5) is 0 Å². The van der Waals surface area contributed by atoms with Crippen molar-refractivity contribution in [3.05, 3.63) is 0 Å². The molecule has 1 N–H and O–H groups in total. The second kappa shape index (κ2) is 6.54. The molecule has 1 unspecified atom stereocenters. The monoisotopic (exact) mass is 341 g/mol. The van der Waals surface area contributed by atoms with Crippen molar-refractivity contribution in [3.63, 3.8) is 0 Å². The van der Waals surface area contributed by atoms with Gasteiger partial charge in [0.15, 0.2) is 0 Å². The van der Waals surface area contributed by atoms with Gasteiger partial charge in [-0.2, -0.15) is 0 Å². The minimum atomic E-state index is 0.00435. The Bertz CT molecular complexity index is 43.7. The average molecular weight is 341 g/mol. The molecule has 0 spiro atoms. The molecule has 0 fully saturated rings. The van der Waals surface area contributed by atoms with Gasteiger partial charge in [-0.25, -0.2) is 0 Å². The van der Waals surface area contributed by atoms with E-state index in [1.54, 1.807) is 0 Å². The van der Waals surface area contributed by atoms with E-state index in [1.807, 2.05) is 0 Å². The van der Waals surface area contributed by atoms with Crippen molar-refractivity contribution < 1.29 is 26.3 Å². The molecule has 0 saturated carbocycles. The van der Waals surface area contributed by atoms with Gasteiger partial charge in [0.1, 0.15) is 0 Å². The fourth-order valence-corrected chi connectivity index (χ4v) is 2.56. The number of hydrogen-bond donors (Lipinski definition) is 1. The quantitative estimate of drug-likeness (QED) is 0.459. The summed E-state index contributed by atoms with van der Waals surface area (Å²) in [4.78, 5) is 2.20. The Morgan fingerprint density at radius 2 is 2.38 bits per heavy atom. The van der Waals surface area contributed by atoms with Gasteiger partial charge >= 0.3 is 75.2 Å². The van der Waals surface area contributed by atoms with Gasteiger partial charge < -0.3 is 0 Å². The van der Waals surface area contributed by atoms with E-state index < -0.39 is 0 Å². The molecule has 8 heavy (non-hydrogen) atoms. The third-order valence-corrected chi connectivity index (χ3v) is 3.30. The number of hydrogen-bond acceptors (Lipinski definition) is 1. The second-order valence-electron chi connectivity index (χ2n) is 1.55. The van der Waals surface area contributed by atoms with E-state index in [1.165, 1.54) is 0 Å². The molecule has 0 amide bonds. The van der Waals surface area contributed by atoms with Crippen molar-refractivity contribution in [3.8, 4) is 0 Å². The molecular formula is C5H11I2O-. The molecule has 0 radical (unpaired) electrons. The minimum absolute atomic E-state index is 0.00435.